The van der Waals surface area contributed by atoms with Crippen LogP contribution >= 0.6 is 34.5 Å². The molecule has 2 aromatic carbocycles. The summed E-state index contributed by atoms with van der Waals surface area (Å²) in [6.07, 6.45) is 0.772. The lowest BCUT2D eigenvalue weighted by Gasteiger charge is -2.21. The van der Waals surface area contributed by atoms with Crippen molar-refractivity contribution in [3.05, 3.63) is 45.9 Å². The lowest BCUT2D eigenvalue weighted by molar-refractivity contribution is 0.0986. The second kappa shape index (κ2) is 9.83. The molecule has 0 saturated heterocycles. The third kappa shape index (κ3) is 4.81. The maximum absolute atomic E-state index is 13.4. The highest BCUT2D eigenvalue weighted by molar-refractivity contribution is 7.22. The number of anilines is 1. The number of ether oxygens (including phenoxy) is 2. The fourth-order valence-electron chi connectivity index (χ4n) is 3.03. The fraction of sp³-hybridized carbons (Fsp3) is 0.333. The van der Waals surface area contributed by atoms with Crippen LogP contribution in [0.25, 0.3) is 10.2 Å². The number of amides is 1. The first kappa shape index (κ1) is 22.6. The van der Waals surface area contributed by atoms with Gasteiger partial charge in [-0.1, -0.05) is 34.5 Å². The first-order chi connectivity index (χ1) is 14.3. The van der Waals surface area contributed by atoms with Gasteiger partial charge in [0, 0.05) is 11.6 Å². The van der Waals surface area contributed by atoms with Gasteiger partial charge in [0.2, 0.25) is 0 Å². The Kier molecular flexibility index (Phi) is 7.41. The van der Waals surface area contributed by atoms with Gasteiger partial charge in [-0.2, -0.15) is 0 Å². The smallest absolute Gasteiger partial charge is 0.261 e. The Bertz CT molecular complexity index is 1010. The Labute approximate surface area is 189 Å². The Morgan fingerprint density at radius 3 is 2.40 bits per heavy atom. The number of nitrogens with zero attached hydrogens (tertiary/aromatic N) is 3. The summed E-state index contributed by atoms with van der Waals surface area (Å²) < 4.78 is 11.8. The molecule has 0 atom stereocenters. The molecule has 1 amide bonds. The van der Waals surface area contributed by atoms with Crippen molar-refractivity contribution in [2.75, 3.05) is 46.3 Å². The van der Waals surface area contributed by atoms with Crippen LogP contribution in [-0.4, -0.2) is 57.2 Å². The Balaban J connectivity index is 2.06. The van der Waals surface area contributed by atoms with Gasteiger partial charge in [0.25, 0.3) is 5.91 Å². The van der Waals surface area contributed by atoms with Gasteiger partial charge in [-0.15, -0.1) is 0 Å². The number of fused-ring (bicyclic) bond motifs is 1. The second-order valence-electron chi connectivity index (χ2n) is 6.88. The number of benzene rings is 2. The van der Waals surface area contributed by atoms with E-state index in [-0.39, 0.29) is 5.91 Å². The molecule has 1 heterocycles. The van der Waals surface area contributed by atoms with Crippen molar-refractivity contribution >= 4 is 55.8 Å². The van der Waals surface area contributed by atoms with Crippen LogP contribution in [0.15, 0.2) is 30.3 Å². The fourth-order valence-corrected chi connectivity index (χ4v) is 4.62. The first-order valence-electron chi connectivity index (χ1n) is 9.29. The monoisotopic (exact) mass is 467 g/mol. The van der Waals surface area contributed by atoms with Crippen LogP contribution in [0.3, 0.4) is 0 Å². The highest BCUT2D eigenvalue weighted by atomic mass is 35.5. The Morgan fingerprint density at radius 2 is 1.77 bits per heavy atom. The number of methoxy groups -OCH3 is 2. The highest BCUT2D eigenvalue weighted by Gasteiger charge is 2.25. The van der Waals surface area contributed by atoms with Crippen molar-refractivity contribution < 1.29 is 14.3 Å². The summed E-state index contributed by atoms with van der Waals surface area (Å²) in [6, 6.07) is 8.50. The van der Waals surface area contributed by atoms with Crippen LogP contribution in [0.4, 0.5) is 5.13 Å². The number of aromatic nitrogens is 1. The van der Waals surface area contributed by atoms with Crippen LogP contribution in [0.2, 0.25) is 10.0 Å². The van der Waals surface area contributed by atoms with E-state index in [4.69, 9.17) is 37.7 Å². The molecule has 3 rings (SSSR count). The van der Waals surface area contributed by atoms with Crippen LogP contribution < -0.4 is 14.4 Å². The summed E-state index contributed by atoms with van der Waals surface area (Å²) in [5.74, 6) is 1.07. The molecular weight excluding hydrogens is 445 g/mol. The molecule has 0 unspecified atom stereocenters. The third-order valence-corrected chi connectivity index (χ3v) is 6.16. The average Bonchev–Trinajstić information content (AvgIpc) is 3.14. The van der Waals surface area contributed by atoms with Gasteiger partial charge in [-0.3, -0.25) is 9.69 Å². The molecule has 9 heteroatoms. The van der Waals surface area contributed by atoms with Gasteiger partial charge in [0.15, 0.2) is 5.13 Å². The minimum absolute atomic E-state index is 0.229. The zero-order valence-corrected chi connectivity index (χ0v) is 19.6. The summed E-state index contributed by atoms with van der Waals surface area (Å²) in [5.41, 5.74) is 1.04. The maximum atomic E-state index is 13.4. The number of thiazole rings is 1. The average molecular weight is 468 g/mol. The molecule has 0 saturated carbocycles. The number of rotatable bonds is 8. The molecule has 0 bridgehead atoms. The maximum Gasteiger partial charge on any atom is 0.261 e. The summed E-state index contributed by atoms with van der Waals surface area (Å²) in [6.45, 7) is 1.32. The standard InChI is InChI=1S/C21H23Cl2N3O3S/c1-25(2)10-5-11-26(20(27)14-7-6-13(22)12-15(14)23)21-24-18-16(28-3)8-9-17(29-4)19(18)30-21/h6-9,12H,5,10-11H2,1-4H3. The molecule has 0 fully saturated rings. The van der Waals surface area contributed by atoms with Crippen molar-refractivity contribution in [3.8, 4) is 11.5 Å². The molecule has 160 valence electrons. The Morgan fingerprint density at radius 1 is 1.07 bits per heavy atom. The molecule has 3 aromatic rings. The van der Waals surface area contributed by atoms with Crippen LogP contribution in [0.1, 0.15) is 16.8 Å². The lowest BCUT2D eigenvalue weighted by atomic mass is 10.2. The van der Waals surface area contributed by atoms with E-state index >= 15 is 0 Å². The Hall–Kier alpha value is -2.06. The lowest BCUT2D eigenvalue weighted by Crippen LogP contribution is -2.33. The normalized spacial score (nSPS) is 11.2. The van der Waals surface area contributed by atoms with E-state index in [1.165, 1.54) is 11.3 Å². The highest BCUT2D eigenvalue weighted by Crippen LogP contribution is 2.40. The van der Waals surface area contributed by atoms with Crippen LogP contribution in [0, 0.1) is 0 Å². The zero-order chi connectivity index (χ0) is 21.8. The quantitative estimate of drug-likeness (QED) is 0.454. The van der Waals surface area contributed by atoms with E-state index < -0.39 is 0 Å². The van der Waals surface area contributed by atoms with Crippen LogP contribution in [-0.2, 0) is 0 Å². The number of carbonyl (C=O) groups excluding carboxylic acids is 1. The molecule has 0 radical (unpaired) electrons. The van der Waals surface area contributed by atoms with Crippen molar-refractivity contribution in [2.24, 2.45) is 0 Å². The number of hydrogen-bond acceptors (Lipinski definition) is 6. The third-order valence-electron chi connectivity index (χ3n) is 4.52. The summed E-state index contributed by atoms with van der Waals surface area (Å²) in [4.78, 5) is 21.9. The number of carbonyl (C=O) groups is 1. The van der Waals surface area contributed by atoms with E-state index in [1.54, 1.807) is 43.4 Å². The predicted molar refractivity (Wildman–Crippen MR) is 124 cm³/mol. The van der Waals surface area contributed by atoms with Gasteiger partial charge < -0.3 is 14.4 Å². The molecular formula is C21H23Cl2N3O3S. The summed E-state index contributed by atoms with van der Waals surface area (Å²) in [5, 5.41) is 1.34. The van der Waals surface area contributed by atoms with Crippen molar-refractivity contribution in [3.63, 3.8) is 0 Å². The van der Waals surface area contributed by atoms with Gasteiger partial charge in [0.05, 0.1) is 24.8 Å². The number of halogens is 2. The molecule has 0 N–H and O–H groups in total. The van der Waals surface area contributed by atoms with Crippen molar-refractivity contribution in [1.29, 1.82) is 0 Å². The van der Waals surface area contributed by atoms with E-state index in [1.807, 2.05) is 20.2 Å². The molecule has 0 aliphatic rings. The van der Waals surface area contributed by atoms with Gasteiger partial charge in [-0.05, 0) is 57.4 Å². The van der Waals surface area contributed by atoms with E-state index in [0.29, 0.717) is 44.3 Å². The largest absolute Gasteiger partial charge is 0.495 e. The van der Waals surface area contributed by atoms with E-state index in [9.17, 15) is 4.79 Å². The predicted octanol–water partition coefficient (Wildman–Crippen LogP) is 5.22. The molecule has 0 aliphatic carbocycles. The van der Waals surface area contributed by atoms with E-state index in [2.05, 4.69) is 4.90 Å². The van der Waals surface area contributed by atoms with Crippen molar-refractivity contribution in [2.45, 2.75) is 6.42 Å². The molecule has 1 aromatic heterocycles. The zero-order valence-electron chi connectivity index (χ0n) is 17.2. The molecule has 0 spiro atoms. The second-order valence-corrected chi connectivity index (χ2v) is 8.70. The summed E-state index contributed by atoms with van der Waals surface area (Å²) in [7, 11) is 7.19. The number of hydrogen-bond donors (Lipinski definition) is 0. The van der Waals surface area contributed by atoms with Gasteiger partial charge in [0.1, 0.15) is 21.7 Å². The summed E-state index contributed by atoms with van der Waals surface area (Å²) >= 11 is 13.7. The molecule has 6 nitrogen and oxygen atoms in total. The van der Waals surface area contributed by atoms with Gasteiger partial charge in [-0.25, -0.2) is 4.98 Å². The first-order valence-corrected chi connectivity index (χ1v) is 10.9. The molecule has 30 heavy (non-hydrogen) atoms. The molecule has 0 aliphatic heterocycles. The van der Waals surface area contributed by atoms with Crippen molar-refractivity contribution in [1.82, 2.24) is 9.88 Å². The van der Waals surface area contributed by atoms with E-state index in [0.717, 1.165) is 17.7 Å². The van der Waals surface area contributed by atoms with Crippen LogP contribution in [0.5, 0.6) is 11.5 Å². The topological polar surface area (TPSA) is 54.9 Å². The minimum atomic E-state index is -0.229. The SMILES string of the molecule is COc1ccc(OC)c2sc(N(CCCN(C)C)C(=O)c3ccc(Cl)cc3Cl)nc12. The minimum Gasteiger partial charge on any atom is -0.495 e. The van der Waals surface area contributed by atoms with Gasteiger partial charge >= 0.3 is 0 Å².